The van der Waals surface area contributed by atoms with Crippen LogP contribution in [0.3, 0.4) is 0 Å². The van der Waals surface area contributed by atoms with E-state index in [2.05, 4.69) is 7.05 Å². The van der Waals surface area contributed by atoms with Crippen LogP contribution in [0.5, 0.6) is 0 Å². The average Bonchev–Trinajstić information content (AvgIpc) is 2.88. The Morgan fingerprint density at radius 1 is 0.900 bits per heavy atom. The first-order valence-electron chi connectivity index (χ1n) is 8.44. The van der Waals surface area contributed by atoms with Crippen molar-refractivity contribution >= 4 is 0 Å². The van der Waals surface area contributed by atoms with Crippen molar-refractivity contribution in [3.63, 3.8) is 0 Å². The molecule has 4 heteroatoms. The molecule has 114 valence electrons. The Bertz CT molecular complexity index is 361. The number of ether oxygens (including phenoxy) is 3. The van der Waals surface area contributed by atoms with Crippen LogP contribution in [0.15, 0.2) is 0 Å². The fraction of sp³-hybridized carbons (Fsp3) is 1.00. The van der Waals surface area contributed by atoms with Crippen molar-refractivity contribution in [1.82, 2.24) is 0 Å². The van der Waals surface area contributed by atoms with Crippen molar-refractivity contribution in [3.8, 4) is 0 Å². The van der Waals surface area contributed by atoms with E-state index in [4.69, 9.17) is 14.2 Å². The molecule has 3 unspecified atom stereocenters. The fourth-order valence-corrected chi connectivity index (χ4v) is 5.40. The van der Waals surface area contributed by atoms with Crippen LogP contribution in [0.2, 0.25) is 0 Å². The molecule has 0 aromatic heterocycles. The molecule has 4 rings (SSSR count). The Morgan fingerprint density at radius 2 is 1.65 bits per heavy atom. The molecule has 0 amide bonds. The third-order valence-corrected chi connectivity index (χ3v) is 6.46. The highest BCUT2D eigenvalue weighted by molar-refractivity contribution is 5.00. The van der Waals surface area contributed by atoms with Crippen molar-refractivity contribution in [2.75, 3.05) is 46.6 Å². The molecule has 2 heterocycles. The van der Waals surface area contributed by atoms with Crippen LogP contribution in [0.4, 0.5) is 0 Å². The van der Waals surface area contributed by atoms with Crippen molar-refractivity contribution in [3.05, 3.63) is 0 Å². The maximum absolute atomic E-state index is 6.25. The summed E-state index contributed by atoms with van der Waals surface area (Å²) in [4.78, 5) is 0. The Kier molecular flexibility index (Phi) is 3.33. The summed E-state index contributed by atoms with van der Waals surface area (Å²) in [5, 5.41) is 0. The third kappa shape index (κ3) is 1.88. The third-order valence-electron chi connectivity index (χ3n) is 6.46. The average molecular weight is 282 g/mol. The van der Waals surface area contributed by atoms with E-state index in [9.17, 15) is 0 Å². The number of likely N-dealkylation sites (N-methyl/N-ethyl adjacent to an activating group) is 1. The van der Waals surface area contributed by atoms with Gasteiger partial charge in [0.2, 0.25) is 0 Å². The highest BCUT2D eigenvalue weighted by Gasteiger charge is 2.61. The minimum absolute atomic E-state index is 0.221. The van der Waals surface area contributed by atoms with Gasteiger partial charge in [-0.2, -0.15) is 0 Å². The predicted octanol–water partition coefficient (Wildman–Crippen LogP) is 1.78. The SMILES string of the molecule is C[N+]1(C2CCC3CCCC2C32OCCO2)CCOCC1. The highest BCUT2D eigenvalue weighted by atomic mass is 16.7. The lowest BCUT2D eigenvalue weighted by atomic mass is 9.64. The summed E-state index contributed by atoms with van der Waals surface area (Å²) >= 11 is 0. The van der Waals surface area contributed by atoms with Gasteiger partial charge in [-0.05, 0) is 19.3 Å². The number of hydrogen-bond donors (Lipinski definition) is 0. The Morgan fingerprint density at radius 3 is 2.40 bits per heavy atom. The van der Waals surface area contributed by atoms with Crippen LogP contribution in [-0.4, -0.2) is 62.9 Å². The number of rotatable bonds is 1. The van der Waals surface area contributed by atoms with E-state index in [1.54, 1.807) is 0 Å². The lowest BCUT2D eigenvalue weighted by molar-refractivity contribution is -0.947. The summed E-state index contributed by atoms with van der Waals surface area (Å²) in [6, 6.07) is 0.702. The van der Waals surface area contributed by atoms with Gasteiger partial charge in [0.1, 0.15) is 13.1 Å². The van der Waals surface area contributed by atoms with E-state index in [1.807, 2.05) is 0 Å². The van der Waals surface area contributed by atoms with Crippen LogP contribution in [-0.2, 0) is 14.2 Å². The molecule has 3 atom stereocenters. The van der Waals surface area contributed by atoms with Gasteiger partial charge in [0.05, 0.1) is 45.4 Å². The molecule has 2 aliphatic heterocycles. The lowest BCUT2D eigenvalue weighted by Crippen LogP contribution is -2.68. The van der Waals surface area contributed by atoms with E-state index in [1.165, 1.54) is 36.6 Å². The van der Waals surface area contributed by atoms with Gasteiger partial charge < -0.3 is 18.7 Å². The van der Waals surface area contributed by atoms with Crippen molar-refractivity contribution in [2.45, 2.75) is 43.9 Å². The molecule has 0 radical (unpaired) electrons. The molecule has 20 heavy (non-hydrogen) atoms. The van der Waals surface area contributed by atoms with Crippen LogP contribution in [0, 0.1) is 11.8 Å². The predicted molar refractivity (Wildman–Crippen MR) is 75.2 cm³/mol. The first kappa shape index (κ1) is 13.5. The van der Waals surface area contributed by atoms with Gasteiger partial charge in [0.15, 0.2) is 5.79 Å². The zero-order valence-electron chi connectivity index (χ0n) is 12.7. The molecule has 0 N–H and O–H groups in total. The molecule has 4 fully saturated rings. The van der Waals surface area contributed by atoms with Crippen molar-refractivity contribution in [2.24, 2.45) is 11.8 Å². The number of nitrogens with zero attached hydrogens (tertiary/aromatic N) is 1. The van der Waals surface area contributed by atoms with Gasteiger partial charge in [0, 0.05) is 12.3 Å². The Labute approximate surface area is 122 Å². The molecule has 2 bridgehead atoms. The second-order valence-corrected chi connectivity index (χ2v) is 7.34. The quantitative estimate of drug-likeness (QED) is 0.686. The minimum Gasteiger partial charge on any atom is -0.370 e. The summed E-state index contributed by atoms with van der Waals surface area (Å²) in [7, 11) is 2.44. The summed E-state index contributed by atoms with van der Waals surface area (Å²) in [6.45, 7) is 5.73. The monoisotopic (exact) mass is 282 g/mol. The topological polar surface area (TPSA) is 27.7 Å². The Hall–Kier alpha value is -0.160. The van der Waals surface area contributed by atoms with Crippen LogP contribution >= 0.6 is 0 Å². The van der Waals surface area contributed by atoms with Gasteiger partial charge >= 0.3 is 0 Å². The standard InChI is InChI=1S/C16H28NO3/c1-17(7-9-18-10-8-17)15-6-5-13-3-2-4-14(15)16(13)19-11-12-20-16/h13-15H,2-12H2,1H3/q+1. The molecule has 4 aliphatic rings. The zero-order valence-corrected chi connectivity index (χ0v) is 12.7. The summed E-state index contributed by atoms with van der Waals surface area (Å²) in [6.07, 6.45) is 6.58. The van der Waals surface area contributed by atoms with Crippen LogP contribution in [0.1, 0.15) is 32.1 Å². The summed E-state index contributed by atoms with van der Waals surface area (Å²) in [5.41, 5.74) is 0. The molecule has 2 saturated carbocycles. The molecule has 1 spiro atoms. The minimum atomic E-state index is -0.221. The zero-order chi connectivity index (χ0) is 13.6. The molecule has 2 saturated heterocycles. The van der Waals surface area contributed by atoms with Crippen LogP contribution < -0.4 is 0 Å². The van der Waals surface area contributed by atoms with Crippen molar-refractivity contribution in [1.29, 1.82) is 0 Å². The van der Waals surface area contributed by atoms with Gasteiger partial charge in [-0.3, -0.25) is 0 Å². The summed E-state index contributed by atoms with van der Waals surface area (Å²) in [5.74, 6) is 1.02. The smallest absolute Gasteiger partial charge is 0.179 e. The summed E-state index contributed by atoms with van der Waals surface area (Å²) < 4.78 is 19.3. The second-order valence-electron chi connectivity index (χ2n) is 7.34. The molecule has 0 aromatic rings. The van der Waals surface area contributed by atoms with Crippen molar-refractivity contribution < 1.29 is 18.7 Å². The van der Waals surface area contributed by atoms with E-state index in [-0.39, 0.29) is 5.79 Å². The first-order valence-corrected chi connectivity index (χ1v) is 8.44. The maximum atomic E-state index is 6.25. The van der Waals surface area contributed by atoms with Gasteiger partial charge in [-0.15, -0.1) is 0 Å². The first-order chi connectivity index (χ1) is 9.75. The van der Waals surface area contributed by atoms with Gasteiger partial charge in [0.25, 0.3) is 0 Å². The molecule has 4 nitrogen and oxygen atoms in total. The van der Waals surface area contributed by atoms with E-state index in [0.717, 1.165) is 39.5 Å². The largest absolute Gasteiger partial charge is 0.370 e. The maximum Gasteiger partial charge on any atom is 0.179 e. The van der Waals surface area contributed by atoms with Crippen LogP contribution in [0.25, 0.3) is 0 Å². The number of quaternary nitrogens is 1. The van der Waals surface area contributed by atoms with E-state index >= 15 is 0 Å². The van der Waals surface area contributed by atoms with Gasteiger partial charge in [-0.25, -0.2) is 0 Å². The number of hydrogen-bond acceptors (Lipinski definition) is 3. The molecular weight excluding hydrogens is 254 g/mol. The normalized spacial score (nSPS) is 42.8. The molecular formula is C16H28NO3+. The molecule has 2 aliphatic carbocycles. The van der Waals surface area contributed by atoms with E-state index < -0.39 is 0 Å². The number of morpholine rings is 1. The Balaban J connectivity index is 1.64. The second kappa shape index (κ2) is 4.94. The van der Waals surface area contributed by atoms with Gasteiger partial charge in [-0.1, -0.05) is 6.42 Å². The fourth-order valence-electron chi connectivity index (χ4n) is 5.40. The van der Waals surface area contributed by atoms with E-state index in [0.29, 0.717) is 17.9 Å². The lowest BCUT2D eigenvalue weighted by Gasteiger charge is -2.57. The highest BCUT2D eigenvalue weighted by Crippen LogP contribution is 2.53. The molecule has 0 aromatic carbocycles.